The summed E-state index contributed by atoms with van der Waals surface area (Å²) in [5.41, 5.74) is 1.80. The second kappa shape index (κ2) is 10.5. The molecule has 144 valence electrons. The summed E-state index contributed by atoms with van der Waals surface area (Å²) < 4.78 is 5.59. The molecule has 6 nitrogen and oxygen atoms in total. The van der Waals surface area contributed by atoms with E-state index < -0.39 is 0 Å². The Bertz CT molecular complexity index is 765. The molecule has 3 N–H and O–H groups in total. The molecular weight excluding hydrogens is 366 g/mol. The number of quaternary nitrogens is 1. The minimum absolute atomic E-state index is 0.125. The Morgan fingerprint density at radius 2 is 1.78 bits per heavy atom. The molecule has 2 aromatic rings. The smallest absolute Gasteiger partial charge is 0.279 e. The highest BCUT2D eigenvalue weighted by Crippen LogP contribution is 2.13. The summed E-state index contributed by atoms with van der Waals surface area (Å²) >= 11 is 5.81. The molecule has 0 aromatic heterocycles. The van der Waals surface area contributed by atoms with Gasteiger partial charge in [0.05, 0.1) is 13.6 Å². The molecule has 2 rings (SSSR count). The zero-order chi connectivity index (χ0) is 19.6. The standard InChI is InChI=1S/C20H24ClN3O3/c1-15-4-3-5-18(12-15)27-11-10-22-19(25)13-24(2)14-20(26)23-17-8-6-16(21)7-9-17/h3-9,12H,10-11,13-14H2,1-2H3,(H,22,25)(H,23,26)/p+1. The van der Waals surface area contributed by atoms with Crippen LogP contribution in [-0.2, 0) is 9.59 Å². The van der Waals surface area contributed by atoms with E-state index in [1.54, 1.807) is 31.3 Å². The lowest BCUT2D eigenvalue weighted by Crippen LogP contribution is -3.11. The van der Waals surface area contributed by atoms with Gasteiger partial charge in [-0.25, -0.2) is 0 Å². The fourth-order valence-electron chi connectivity index (χ4n) is 2.48. The van der Waals surface area contributed by atoms with Crippen LogP contribution in [0.2, 0.25) is 5.02 Å². The summed E-state index contributed by atoms with van der Waals surface area (Å²) in [4.78, 5) is 24.8. The zero-order valence-corrected chi connectivity index (χ0v) is 16.3. The van der Waals surface area contributed by atoms with Crippen molar-refractivity contribution in [2.24, 2.45) is 0 Å². The number of hydrogen-bond acceptors (Lipinski definition) is 3. The maximum atomic E-state index is 12.0. The highest BCUT2D eigenvalue weighted by atomic mass is 35.5. The lowest BCUT2D eigenvalue weighted by molar-refractivity contribution is -0.862. The van der Waals surface area contributed by atoms with Gasteiger partial charge in [0.2, 0.25) is 0 Å². The Morgan fingerprint density at radius 1 is 1.07 bits per heavy atom. The number of ether oxygens (including phenoxy) is 1. The average molecular weight is 391 g/mol. The number of carbonyl (C=O) groups excluding carboxylic acids is 2. The molecule has 1 unspecified atom stereocenters. The quantitative estimate of drug-likeness (QED) is 0.565. The van der Waals surface area contributed by atoms with Gasteiger partial charge < -0.3 is 20.3 Å². The number of aryl methyl sites for hydroxylation is 1. The minimum atomic E-state index is -0.162. The Morgan fingerprint density at radius 3 is 2.48 bits per heavy atom. The largest absolute Gasteiger partial charge is 0.492 e. The van der Waals surface area contributed by atoms with Crippen molar-refractivity contribution in [2.45, 2.75) is 6.92 Å². The first-order valence-corrected chi connectivity index (χ1v) is 9.13. The third-order valence-electron chi connectivity index (χ3n) is 3.74. The van der Waals surface area contributed by atoms with Gasteiger partial charge in [-0.15, -0.1) is 0 Å². The molecular formula is C20H25ClN3O3+. The van der Waals surface area contributed by atoms with E-state index >= 15 is 0 Å². The molecule has 0 radical (unpaired) electrons. The van der Waals surface area contributed by atoms with Crippen LogP contribution in [0.4, 0.5) is 5.69 Å². The van der Waals surface area contributed by atoms with E-state index in [9.17, 15) is 9.59 Å². The molecule has 0 saturated heterocycles. The van der Waals surface area contributed by atoms with Gasteiger partial charge in [0, 0.05) is 10.7 Å². The zero-order valence-electron chi connectivity index (χ0n) is 15.5. The van der Waals surface area contributed by atoms with E-state index in [4.69, 9.17) is 16.3 Å². The monoisotopic (exact) mass is 390 g/mol. The van der Waals surface area contributed by atoms with E-state index in [0.29, 0.717) is 23.9 Å². The van der Waals surface area contributed by atoms with Gasteiger partial charge in [-0.1, -0.05) is 23.7 Å². The molecule has 1 atom stereocenters. The number of nitrogens with one attached hydrogen (secondary N) is 3. The van der Waals surface area contributed by atoms with Crippen molar-refractivity contribution in [3.05, 3.63) is 59.1 Å². The maximum Gasteiger partial charge on any atom is 0.279 e. The van der Waals surface area contributed by atoms with Crippen molar-refractivity contribution in [1.29, 1.82) is 0 Å². The number of hydrogen-bond donors (Lipinski definition) is 3. The molecule has 0 aliphatic carbocycles. The van der Waals surface area contributed by atoms with E-state index in [-0.39, 0.29) is 24.9 Å². The van der Waals surface area contributed by atoms with Gasteiger partial charge in [0.25, 0.3) is 11.8 Å². The Balaban J connectivity index is 1.62. The molecule has 2 aromatic carbocycles. The highest BCUT2D eigenvalue weighted by Gasteiger charge is 2.14. The van der Waals surface area contributed by atoms with Gasteiger partial charge in [-0.05, 0) is 48.9 Å². The second-order valence-electron chi connectivity index (χ2n) is 6.38. The van der Waals surface area contributed by atoms with Crippen molar-refractivity contribution >= 4 is 29.1 Å². The summed E-state index contributed by atoms with van der Waals surface area (Å²) in [6, 6.07) is 14.6. The predicted octanol–water partition coefficient (Wildman–Crippen LogP) is 1.30. The lowest BCUT2D eigenvalue weighted by atomic mass is 10.2. The molecule has 0 aliphatic heterocycles. The Hall–Kier alpha value is -2.57. The fourth-order valence-corrected chi connectivity index (χ4v) is 2.60. The summed E-state index contributed by atoms with van der Waals surface area (Å²) in [6.07, 6.45) is 0. The summed E-state index contributed by atoms with van der Waals surface area (Å²) in [5.74, 6) is 0.496. The second-order valence-corrected chi connectivity index (χ2v) is 6.82. The summed E-state index contributed by atoms with van der Waals surface area (Å²) in [5, 5.41) is 6.18. The number of halogens is 1. The van der Waals surface area contributed by atoms with Gasteiger partial charge in [0.15, 0.2) is 13.1 Å². The van der Waals surface area contributed by atoms with Gasteiger partial charge >= 0.3 is 0 Å². The van der Waals surface area contributed by atoms with Crippen LogP contribution in [0.15, 0.2) is 48.5 Å². The first-order valence-electron chi connectivity index (χ1n) is 8.75. The summed E-state index contributed by atoms with van der Waals surface area (Å²) in [6.45, 7) is 3.20. The van der Waals surface area contributed by atoms with Crippen LogP contribution in [0.5, 0.6) is 5.75 Å². The molecule has 0 fully saturated rings. The van der Waals surface area contributed by atoms with Crippen molar-refractivity contribution in [2.75, 3.05) is 38.6 Å². The summed E-state index contributed by atoms with van der Waals surface area (Å²) in [7, 11) is 1.80. The number of rotatable bonds is 9. The Labute approximate surface area is 164 Å². The van der Waals surface area contributed by atoms with Crippen LogP contribution < -0.4 is 20.3 Å². The van der Waals surface area contributed by atoms with E-state index in [0.717, 1.165) is 16.2 Å². The van der Waals surface area contributed by atoms with Crippen molar-refractivity contribution in [3.8, 4) is 5.75 Å². The van der Waals surface area contributed by atoms with Crippen molar-refractivity contribution in [1.82, 2.24) is 5.32 Å². The van der Waals surface area contributed by atoms with Crippen LogP contribution in [0.1, 0.15) is 5.56 Å². The predicted molar refractivity (Wildman–Crippen MR) is 106 cm³/mol. The van der Waals surface area contributed by atoms with Gasteiger partial charge in [-0.3, -0.25) is 9.59 Å². The van der Waals surface area contributed by atoms with Crippen LogP contribution in [0, 0.1) is 6.92 Å². The molecule has 27 heavy (non-hydrogen) atoms. The average Bonchev–Trinajstić information content (AvgIpc) is 2.60. The van der Waals surface area contributed by atoms with Crippen molar-refractivity contribution in [3.63, 3.8) is 0 Å². The molecule has 0 bridgehead atoms. The fraction of sp³-hybridized carbons (Fsp3) is 0.300. The highest BCUT2D eigenvalue weighted by molar-refractivity contribution is 6.30. The molecule has 2 amide bonds. The van der Waals surface area contributed by atoms with Crippen LogP contribution in [0.25, 0.3) is 0 Å². The number of carbonyl (C=O) groups is 2. The first kappa shape index (κ1) is 20.7. The van der Waals surface area contributed by atoms with E-state index in [2.05, 4.69) is 10.6 Å². The third kappa shape index (κ3) is 8.11. The number of amides is 2. The van der Waals surface area contributed by atoms with Gasteiger partial charge in [-0.2, -0.15) is 0 Å². The van der Waals surface area contributed by atoms with Crippen molar-refractivity contribution < 1.29 is 19.2 Å². The number of anilines is 1. The molecule has 0 spiro atoms. The third-order valence-corrected chi connectivity index (χ3v) is 3.99. The van der Waals surface area contributed by atoms with Gasteiger partial charge in [0.1, 0.15) is 12.4 Å². The minimum Gasteiger partial charge on any atom is -0.492 e. The first-order chi connectivity index (χ1) is 12.9. The van der Waals surface area contributed by atoms with Crippen LogP contribution in [0.3, 0.4) is 0 Å². The molecule has 0 heterocycles. The van der Waals surface area contributed by atoms with Crippen LogP contribution in [-0.4, -0.2) is 45.1 Å². The molecule has 0 aliphatic rings. The number of likely N-dealkylation sites (N-methyl/N-ethyl adjacent to an activating group) is 1. The van der Waals surface area contributed by atoms with E-state index in [1.165, 1.54) is 0 Å². The Kier molecular flexibility index (Phi) is 8.10. The topological polar surface area (TPSA) is 71.9 Å². The molecule has 0 saturated carbocycles. The SMILES string of the molecule is Cc1cccc(OCCNC(=O)C[NH+](C)CC(=O)Nc2ccc(Cl)cc2)c1. The lowest BCUT2D eigenvalue weighted by Gasteiger charge is -2.14. The normalized spacial score (nSPS) is 11.5. The number of benzene rings is 2. The van der Waals surface area contributed by atoms with Crippen LogP contribution >= 0.6 is 11.6 Å². The maximum absolute atomic E-state index is 12.0. The van der Waals surface area contributed by atoms with E-state index in [1.807, 2.05) is 31.2 Å². The molecule has 7 heteroatoms.